The summed E-state index contributed by atoms with van der Waals surface area (Å²) < 4.78 is 25.7. The van der Waals surface area contributed by atoms with Gasteiger partial charge in [0, 0.05) is 5.02 Å². The van der Waals surface area contributed by atoms with Crippen molar-refractivity contribution in [1.82, 2.24) is 0 Å². The van der Waals surface area contributed by atoms with E-state index in [0.29, 0.717) is 21.9 Å². The number of benzene rings is 2. The molecular formula is C22H21ClFNO3. The van der Waals surface area contributed by atoms with E-state index in [-0.39, 0.29) is 18.1 Å². The lowest BCUT2D eigenvalue weighted by Crippen LogP contribution is -2.24. The van der Waals surface area contributed by atoms with E-state index in [1.165, 1.54) is 12.1 Å². The fourth-order valence-corrected chi connectivity index (χ4v) is 3.06. The SMILES string of the molecule is CC(C)(C)OC(=O)c1cc(C2CC2)c(COc2ccc(Cl)cc2C#N)cc1F. The number of hydrogen-bond acceptors (Lipinski definition) is 4. The monoisotopic (exact) mass is 401 g/mol. The zero-order valence-electron chi connectivity index (χ0n) is 16.0. The lowest BCUT2D eigenvalue weighted by Gasteiger charge is -2.20. The number of halogens is 2. The first-order valence-corrected chi connectivity index (χ1v) is 9.44. The fourth-order valence-electron chi connectivity index (χ4n) is 2.89. The van der Waals surface area contributed by atoms with E-state index in [1.54, 1.807) is 39.0 Å². The Kier molecular flexibility index (Phi) is 5.62. The summed E-state index contributed by atoms with van der Waals surface area (Å²) in [4.78, 5) is 12.3. The lowest BCUT2D eigenvalue weighted by atomic mass is 9.99. The third-order valence-corrected chi connectivity index (χ3v) is 4.55. The molecule has 0 aliphatic heterocycles. The van der Waals surface area contributed by atoms with Gasteiger partial charge in [0.1, 0.15) is 29.8 Å². The zero-order chi connectivity index (χ0) is 20.5. The van der Waals surface area contributed by atoms with Crippen molar-refractivity contribution in [3.63, 3.8) is 0 Å². The molecule has 0 atom stereocenters. The van der Waals surface area contributed by atoms with Crippen LogP contribution in [0.1, 0.15) is 66.6 Å². The second kappa shape index (κ2) is 7.81. The molecule has 0 spiro atoms. The average Bonchev–Trinajstić information content (AvgIpc) is 3.43. The molecule has 2 aromatic carbocycles. The van der Waals surface area contributed by atoms with Gasteiger partial charge >= 0.3 is 5.97 Å². The number of nitrogens with zero attached hydrogens (tertiary/aromatic N) is 1. The normalized spacial score (nSPS) is 13.7. The van der Waals surface area contributed by atoms with Crippen molar-refractivity contribution in [2.24, 2.45) is 0 Å². The first-order chi connectivity index (χ1) is 13.2. The lowest BCUT2D eigenvalue weighted by molar-refractivity contribution is 0.00645. The third kappa shape index (κ3) is 4.82. The summed E-state index contributed by atoms with van der Waals surface area (Å²) in [5.74, 6) is -0.663. The summed E-state index contributed by atoms with van der Waals surface area (Å²) in [6.07, 6.45) is 1.97. The molecule has 146 valence electrons. The van der Waals surface area contributed by atoms with Gasteiger partial charge in [0.05, 0.1) is 11.1 Å². The molecule has 0 unspecified atom stereocenters. The van der Waals surface area contributed by atoms with Gasteiger partial charge in [0.15, 0.2) is 0 Å². The molecule has 6 heteroatoms. The highest BCUT2D eigenvalue weighted by Gasteiger charge is 2.30. The smallest absolute Gasteiger partial charge is 0.341 e. The maximum absolute atomic E-state index is 14.6. The highest BCUT2D eigenvalue weighted by Crippen LogP contribution is 2.43. The molecule has 1 fully saturated rings. The molecule has 1 aliphatic rings. The van der Waals surface area contributed by atoms with Crippen LogP contribution in [0.3, 0.4) is 0 Å². The quantitative estimate of drug-likeness (QED) is 0.597. The Morgan fingerprint density at radius 3 is 2.61 bits per heavy atom. The Morgan fingerprint density at radius 1 is 1.29 bits per heavy atom. The first kappa shape index (κ1) is 20.2. The van der Waals surface area contributed by atoms with Gasteiger partial charge in [-0.05, 0) is 81.0 Å². The van der Waals surface area contributed by atoms with Gasteiger partial charge in [0.25, 0.3) is 0 Å². The molecule has 28 heavy (non-hydrogen) atoms. The number of nitriles is 1. The molecular weight excluding hydrogens is 381 g/mol. The second-order valence-electron chi connectivity index (χ2n) is 7.85. The number of esters is 1. The van der Waals surface area contributed by atoms with Crippen LogP contribution in [-0.4, -0.2) is 11.6 Å². The molecule has 0 saturated heterocycles. The number of ether oxygens (including phenoxy) is 2. The summed E-state index contributed by atoms with van der Waals surface area (Å²) >= 11 is 5.90. The third-order valence-electron chi connectivity index (χ3n) is 4.31. The van der Waals surface area contributed by atoms with E-state index in [2.05, 4.69) is 0 Å². The van der Waals surface area contributed by atoms with Crippen LogP contribution in [0.5, 0.6) is 5.75 Å². The van der Waals surface area contributed by atoms with Gasteiger partial charge < -0.3 is 9.47 Å². The zero-order valence-corrected chi connectivity index (χ0v) is 16.8. The highest BCUT2D eigenvalue weighted by molar-refractivity contribution is 6.30. The molecule has 0 heterocycles. The molecule has 0 bridgehead atoms. The van der Waals surface area contributed by atoms with Crippen molar-refractivity contribution >= 4 is 17.6 Å². The largest absolute Gasteiger partial charge is 0.488 e. The number of carbonyl (C=O) groups is 1. The summed E-state index contributed by atoms with van der Waals surface area (Å²) in [5, 5.41) is 9.67. The van der Waals surface area contributed by atoms with Crippen LogP contribution in [0.15, 0.2) is 30.3 Å². The Bertz CT molecular complexity index is 955. The molecule has 3 rings (SSSR count). The first-order valence-electron chi connectivity index (χ1n) is 9.06. The molecule has 0 radical (unpaired) electrons. The van der Waals surface area contributed by atoms with E-state index in [0.717, 1.165) is 18.4 Å². The minimum atomic E-state index is -0.701. The van der Waals surface area contributed by atoms with Crippen molar-refractivity contribution in [2.75, 3.05) is 0 Å². The van der Waals surface area contributed by atoms with Crippen LogP contribution in [0, 0.1) is 17.1 Å². The maximum Gasteiger partial charge on any atom is 0.341 e. The highest BCUT2D eigenvalue weighted by atomic mass is 35.5. The van der Waals surface area contributed by atoms with Crippen LogP contribution in [0.25, 0.3) is 0 Å². The van der Waals surface area contributed by atoms with Gasteiger partial charge in [-0.2, -0.15) is 5.26 Å². The van der Waals surface area contributed by atoms with Crippen LogP contribution >= 0.6 is 11.6 Å². The number of rotatable bonds is 5. The fraction of sp³-hybridized carbons (Fsp3) is 0.364. The summed E-state index contributed by atoms with van der Waals surface area (Å²) in [5.41, 5.74) is 1.09. The van der Waals surface area contributed by atoms with E-state index < -0.39 is 17.4 Å². The maximum atomic E-state index is 14.6. The van der Waals surface area contributed by atoms with Crippen molar-refractivity contribution in [3.8, 4) is 11.8 Å². The summed E-state index contributed by atoms with van der Waals surface area (Å²) in [6.45, 7) is 5.32. The molecule has 0 N–H and O–H groups in total. The Labute approximate surface area is 168 Å². The van der Waals surface area contributed by atoms with Crippen LogP contribution < -0.4 is 4.74 Å². The van der Waals surface area contributed by atoms with E-state index >= 15 is 0 Å². The number of hydrogen-bond donors (Lipinski definition) is 0. The predicted molar refractivity (Wildman–Crippen MR) is 104 cm³/mol. The molecule has 2 aromatic rings. The van der Waals surface area contributed by atoms with Gasteiger partial charge in [-0.1, -0.05) is 11.6 Å². The molecule has 1 aliphatic carbocycles. The molecule has 1 saturated carbocycles. The second-order valence-corrected chi connectivity index (χ2v) is 8.28. The summed E-state index contributed by atoms with van der Waals surface area (Å²) in [7, 11) is 0. The van der Waals surface area contributed by atoms with Crippen molar-refractivity contribution in [2.45, 2.75) is 51.7 Å². The number of carbonyl (C=O) groups excluding carboxylic acids is 1. The molecule has 4 nitrogen and oxygen atoms in total. The van der Waals surface area contributed by atoms with Crippen LogP contribution in [0.4, 0.5) is 4.39 Å². The van der Waals surface area contributed by atoms with Gasteiger partial charge in [0.2, 0.25) is 0 Å². The van der Waals surface area contributed by atoms with E-state index in [1.807, 2.05) is 6.07 Å². The standard InChI is InChI=1S/C22H21ClFNO3/c1-22(2,3)28-21(26)18-10-17(13-4-5-13)15(9-19(18)24)12-27-20-7-6-16(23)8-14(20)11-25/h6-10,13H,4-5,12H2,1-3H3. The Hall–Kier alpha value is -2.58. The average molecular weight is 402 g/mol. The molecule has 0 amide bonds. The Morgan fingerprint density at radius 2 is 2.00 bits per heavy atom. The van der Waals surface area contributed by atoms with E-state index in [9.17, 15) is 14.4 Å². The minimum Gasteiger partial charge on any atom is -0.488 e. The van der Waals surface area contributed by atoms with Crippen molar-refractivity contribution < 1.29 is 18.7 Å². The van der Waals surface area contributed by atoms with Gasteiger partial charge in [-0.15, -0.1) is 0 Å². The topological polar surface area (TPSA) is 59.3 Å². The predicted octanol–water partition coefficient (Wildman–Crippen LogP) is 5.76. The van der Waals surface area contributed by atoms with E-state index in [4.69, 9.17) is 21.1 Å². The van der Waals surface area contributed by atoms with Gasteiger partial charge in [-0.3, -0.25) is 0 Å². The van der Waals surface area contributed by atoms with Crippen LogP contribution in [0.2, 0.25) is 5.02 Å². The van der Waals surface area contributed by atoms with Crippen molar-refractivity contribution in [1.29, 1.82) is 5.26 Å². The minimum absolute atomic E-state index is 0.0650. The van der Waals surface area contributed by atoms with Gasteiger partial charge in [-0.25, -0.2) is 9.18 Å². The molecule has 0 aromatic heterocycles. The van der Waals surface area contributed by atoms with Crippen molar-refractivity contribution in [3.05, 3.63) is 63.4 Å². The Balaban J connectivity index is 1.87. The summed E-state index contributed by atoms with van der Waals surface area (Å²) in [6, 6.07) is 9.70. The van der Waals surface area contributed by atoms with Crippen LogP contribution in [-0.2, 0) is 11.3 Å².